The smallest absolute Gasteiger partial charge is 0.150 e. The van der Waals surface area contributed by atoms with Crippen molar-refractivity contribution in [3.8, 4) is 0 Å². The van der Waals surface area contributed by atoms with E-state index in [0.717, 1.165) is 31.1 Å². The van der Waals surface area contributed by atoms with Crippen molar-refractivity contribution in [3.05, 3.63) is 12.2 Å². The first-order chi connectivity index (χ1) is 6.92. The van der Waals surface area contributed by atoms with Crippen molar-refractivity contribution in [2.45, 2.75) is 25.9 Å². The predicted molar refractivity (Wildman–Crippen MR) is 58.4 cm³/mol. The minimum absolute atomic E-state index is 0.391. The summed E-state index contributed by atoms with van der Waals surface area (Å²) in [5.41, 5.74) is 0. The second kappa shape index (κ2) is 4.79. The van der Waals surface area contributed by atoms with Gasteiger partial charge >= 0.3 is 0 Å². The van der Waals surface area contributed by atoms with E-state index in [1.54, 1.807) is 0 Å². The third kappa shape index (κ3) is 2.09. The molecule has 0 amide bonds. The van der Waals surface area contributed by atoms with Gasteiger partial charge in [0.15, 0.2) is 5.82 Å². The number of aromatic nitrogens is 3. The summed E-state index contributed by atoms with van der Waals surface area (Å²) in [6, 6.07) is 0.391. The molecule has 1 aliphatic heterocycles. The molecule has 0 saturated carbocycles. The molecule has 1 fully saturated rings. The molecule has 0 bridgehead atoms. The fourth-order valence-electron chi connectivity index (χ4n) is 1.68. The highest BCUT2D eigenvalue weighted by Crippen LogP contribution is 2.19. The zero-order valence-corrected chi connectivity index (χ0v) is 9.26. The summed E-state index contributed by atoms with van der Waals surface area (Å²) < 4.78 is 2.16. The predicted octanol–water partition coefficient (Wildman–Crippen LogP) is 1.07. The van der Waals surface area contributed by atoms with Crippen molar-refractivity contribution in [1.82, 2.24) is 20.1 Å². The van der Waals surface area contributed by atoms with Crippen molar-refractivity contribution < 1.29 is 0 Å². The highest BCUT2D eigenvalue weighted by Gasteiger charge is 2.19. The number of thioether (sulfide) groups is 1. The molecule has 1 saturated heterocycles. The summed E-state index contributed by atoms with van der Waals surface area (Å²) in [6.07, 6.45) is 2.96. The van der Waals surface area contributed by atoms with Crippen LogP contribution in [0.2, 0.25) is 0 Å². The quantitative estimate of drug-likeness (QED) is 0.814. The molecule has 5 heteroatoms. The van der Waals surface area contributed by atoms with Gasteiger partial charge in [-0.3, -0.25) is 0 Å². The van der Waals surface area contributed by atoms with Crippen LogP contribution in [0.4, 0.5) is 0 Å². The van der Waals surface area contributed by atoms with Crippen LogP contribution in [0.25, 0.3) is 0 Å². The van der Waals surface area contributed by atoms with E-state index in [1.165, 1.54) is 5.75 Å². The van der Waals surface area contributed by atoms with Crippen molar-refractivity contribution in [3.63, 3.8) is 0 Å². The molecule has 4 nitrogen and oxygen atoms in total. The lowest BCUT2D eigenvalue weighted by Crippen LogP contribution is -2.32. The van der Waals surface area contributed by atoms with Gasteiger partial charge in [-0.05, 0) is 6.42 Å². The van der Waals surface area contributed by atoms with Gasteiger partial charge < -0.3 is 9.88 Å². The number of hydrogen-bond acceptors (Lipinski definition) is 4. The Labute approximate surface area is 88.5 Å². The zero-order chi connectivity index (χ0) is 9.80. The molecule has 1 N–H and O–H groups in total. The number of nitrogens with one attached hydrogen (secondary N) is 1. The maximum Gasteiger partial charge on any atom is 0.150 e. The Bertz CT molecular complexity index is 280. The topological polar surface area (TPSA) is 42.7 Å². The lowest BCUT2D eigenvalue weighted by atomic mass is 10.3. The van der Waals surface area contributed by atoms with Crippen LogP contribution in [0.1, 0.15) is 25.2 Å². The summed E-state index contributed by atoms with van der Waals surface area (Å²) in [4.78, 5) is 0. The van der Waals surface area contributed by atoms with Crippen molar-refractivity contribution >= 4 is 11.8 Å². The van der Waals surface area contributed by atoms with Gasteiger partial charge in [0.1, 0.15) is 6.33 Å². The molecule has 2 rings (SSSR count). The first-order valence-corrected chi connectivity index (χ1v) is 6.26. The average molecular weight is 212 g/mol. The number of aryl methyl sites for hydroxylation is 1. The van der Waals surface area contributed by atoms with Gasteiger partial charge in [-0.15, -0.1) is 10.2 Å². The maximum atomic E-state index is 4.20. The van der Waals surface area contributed by atoms with Gasteiger partial charge in [0.05, 0.1) is 6.04 Å². The first kappa shape index (κ1) is 9.98. The molecule has 0 radical (unpaired) electrons. The van der Waals surface area contributed by atoms with Crippen LogP contribution >= 0.6 is 11.8 Å². The molecule has 1 unspecified atom stereocenters. The van der Waals surface area contributed by atoms with Gasteiger partial charge in [0, 0.05) is 24.6 Å². The SMILES string of the molecule is CCCn1cnnc1C1CSCCN1. The second-order valence-electron chi connectivity index (χ2n) is 3.46. The van der Waals surface area contributed by atoms with Gasteiger partial charge in [0.2, 0.25) is 0 Å². The Balaban J connectivity index is 2.09. The molecule has 78 valence electrons. The molecular formula is C9H16N4S. The molecule has 1 aromatic heterocycles. The van der Waals surface area contributed by atoms with Crippen molar-refractivity contribution in [1.29, 1.82) is 0 Å². The maximum absolute atomic E-state index is 4.20. The van der Waals surface area contributed by atoms with Crippen LogP contribution in [-0.4, -0.2) is 32.8 Å². The fourth-order valence-corrected chi connectivity index (χ4v) is 2.61. The molecule has 0 aliphatic carbocycles. The normalized spacial score (nSPS) is 22.5. The monoisotopic (exact) mass is 212 g/mol. The van der Waals surface area contributed by atoms with Crippen LogP contribution in [0.15, 0.2) is 6.33 Å². The minimum Gasteiger partial charge on any atom is -0.316 e. The number of nitrogens with zero attached hydrogens (tertiary/aromatic N) is 3. The van der Waals surface area contributed by atoms with E-state index in [2.05, 4.69) is 27.0 Å². The molecule has 14 heavy (non-hydrogen) atoms. The van der Waals surface area contributed by atoms with E-state index < -0.39 is 0 Å². The molecule has 2 heterocycles. The third-order valence-electron chi connectivity index (χ3n) is 2.34. The molecular weight excluding hydrogens is 196 g/mol. The fraction of sp³-hybridized carbons (Fsp3) is 0.778. The summed E-state index contributed by atoms with van der Waals surface area (Å²) in [7, 11) is 0. The average Bonchev–Trinajstić information content (AvgIpc) is 2.68. The van der Waals surface area contributed by atoms with Crippen LogP contribution in [0.5, 0.6) is 0 Å². The Morgan fingerprint density at radius 1 is 1.71 bits per heavy atom. The Morgan fingerprint density at radius 3 is 3.36 bits per heavy atom. The zero-order valence-electron chi connectivity index (χ0n) is 8.44. The highest BCUT2D eigenvalue weighted by molar-refractivity contribution is 7.99. The summed E-state index contributed by atoms with van der Waals surface area (Å²) >= 11 is 1.98. The number of hydrogen-bond donors (Lipinski definition) is 1. The third-order valence-corrected chi connectivity index (χ3v) is 3.41. The lowest BCUT2D eigenvalue weighted by molar-refractivity contribution is 0.519. The molecule has 0 spiro atoms. The molecule has 1 aliphatic rings. The van der Waals surface area contributed by atoms with Crippen LogP contribution in [0.3, 0.4) is 0 Å². The number of rotatable bonds is 3. The van der Waals surface area contributed by atoms with Crippen LogP contribution < -0.4 is 5.32 Å². The van der Waals surface area contributed by atoms with E-state index in [9.17, 15) is 0 Å². The summed E-state index contributed by atoms with van der Waals surface area (Å²) in [5.74, 6) is 3.42. The second-order valence-corrected chi connectivity index (χ2v) is 4.61. The van der Waals surface area contributed by atoms with E-state index in [-0.39, 0.29) is 0 Å². The van der Waals surface area contributed by atoms with Crippen LogP contribution in [-0.2, 0) is 6.54 Å². The molecule has 1 atom stereocenters. The summed E-state index contributed by atoms with van der Waals surface area (Å²) in [6.45, 7) is 4.27. The van der Waals surface area contributed by atoms with Gasteiger partial charge in [-0.2, -0.15) is 11.8 Å². The van der Waals surface area contributed by atoms with Crippen molar-refractivity contribution in [2.75, 3.05) is 18.1 Å². The molecule has 1 aromatic rings. The largest absolute Gasteiger partial charge is 0.316 e. The van der Waals surface area contributed by atoms with Gasteiger partial charge in [-0.25, -0.2) is 0 Å². The Morgan fingerprint density at radius 2 is 2.64 bits per heavy atom. The van der Waals surface area contributed by atoms with Crippen LogP contribution in [0, 0.1) is 0 Å². The van der Waals surface area contributed by atoms with E-state index in [4.69, 9.17) is 0 Å². The standard InChI is InChI=1S/C9H16N4S/c1-2-4-13-7-11-12-9(13)8-6-14-5-3-10-8/h7-8,10H,2-6H2,1H3. The Hall–Kier alpha value is -0.550. The highest BCUT2D eigenvalue weighted by atomic mass is 32.2. The van der Waals surface area contributed by atoms with Crippen molar-refractivity contribution in [2.24, 2.45) is 0 Å². The van der Waals surface area contributed by atoms with Gasteiger partial charge in [-0.1, -0.05) is 6.92 Å². The summed E-state index contributed by atoms with van der Waals surface area (Å²) in [5, 5.41) is 11.7. The first-order valence-electron chi connectivity index (χ1n) is 5.10. The van der Waals surface area contributed by atoms with E-state index in [1.807, 2.05) is 18.1 Å². The van der Waals surface area contributed by atoms with Gasteiger partial charge in [0.25, 0.3) is 0 Å². The van der Waals surface area contributed by atoms with E-state index in [0.29, 0.717) is 6.04 Å². The van der Waals surface area contributed by atoms with E-state index >= 15 is 0 Å². The molecule has 0 aromatic carbocycles. The lowest BCUT2D eigenvalue weighted by Gasteiger charge is -2.22. The minimum atomic E-state index is 0.391. The Kier molecular flexibility index (Phi) is 3.42.